The number of anilines is 1. The summed E-state index contributed by atoms with van der Waals surface area (Å²) >= 11 is 0. The molecule has 0 spiro atoms. The molecule has 1 saturated carbocycles. The lowest BCUT2D eigenvalue weighted by molar-refractivity contribution is 0.0857. The Balaban J connectivity index is 1.42. The van der Waals surface area contributed by atoms with Crippen molar-refractivity contribution in [3.63, 3.8) is 0 Å². The third-order valence-electron chi connectivity index (χ3n) is 7.30. The molecule has 0 unspecified atom stereocenters. The monoisotopic (exact) mass is 470 g/mol. The molecule has 7 nitrogen and oxygen atoms in total. The molecule has 0 atom stereocenters. The van der Waals surface area contributed by atoms with Crippen molar-refractivity contribution in [3.05, 3.63) is 83.7 Å². The van der Waals surface area contributed by atoms with Crippen LogP contribution in [0.4, 0.5) is 5.69 Å². The molecule has 2 aromatic carbocycles. The molecule has 5 rings (SSSR count). The molecule has 1 aliphatic heterocycles. The van der Waals surface area contributed by atoms with E-state index in [9.17, 15) is 4.79 Å². The van der Waals surface area contributed by atoms with Crippen molar-refractivity contribution in [2.75, 3.05) is 19.5 Å². The van der Waals surface area contributed by atoms with Gasteiger partial charge in [-0.15, -0.1) is 0 Å². The zero-order valence-electron chi connectivity index (χ0n) is 20.1. The lowest BCUT2D eigenvalue weighted by Crippen LogP contribution is -2.36. The minimum absolute atomic E-state index is 0.0348. The largest absolute Gasteiger partial charge is 0.497 e. The van der Waals surface area contributed by atoms with E-state index in [1.165, 1.54) is 5.56 Å². The van der Waals surface area contributed by atoms with E-state index in [4.69, 9.17) is 9.47 Å². The maximum Gasteiger partial charge on any atom is 0.166 e. The second-order valence-electron chi connectivity index (χ2n) is 9.30. The SMILES string of the molecule is COc1cc(OC)cc(C(=O)C2CCC(Cc3c[nH]cn3)(c3ccc4c(c3)C=NC=CN4)CC2)c1. The molecule has 3 aromatic rings. The van der Waals surface area contributed by atoms with Crippen LogP contribution in [0.1, 0.15) is 52.9 Å². The van der Waals surface area contributed by atoms with Crippen molar-refractivity contribution in [1.29, 1.82) is 0 Å². The number of fused-ring (bicyclic) bond motifs is 1. The van der Waals surface area contributed by atoms with E-state index in [-0.39, 0.29) is 17.1 Å². The van der Waals surface area contributed by atoms with Crippen LogP contribution in [0.5, 0.6) is 11.5 Å². The summed E-state index contributed by atoms with van der Waals surface area (Å²) in [5.41, 5.74) is 4.96. The normalized spacial score (nSPS) is 21.0. The number of hydrogen-bond acceptors (Lipinski definition) is 6. The Kier molecular flexibility index (Phi) is 6.40. The predicted octanol–water partition coefficient (Wildman–Crippen LogP) is 5.30. The molecule has 2 aliphatic rings. The Labute approximate surface area is 205 Å². The lowest BCUT2D eigenvalue weighted by atomic mass is 9.63. The molecule has 1 aromatic heterocycles. The minimum Gasteiger partial charge on any atom is -0.497 e. The number of carbonyl (C=O) groups is 1. The Hall–Kier alpha value is -3.87. The van der Waals surface area contributed by atoms with Crippen molar-refractivity contribution >= 4 is 17.7 Å². The fourth-order valence-corrected chi connectivity index (χ4v) is 5.34. The molecule has 1 fully saturated rings. The quantitative estimate of drug-likeness (QED) is 0.458. The third-order valence-corrected chi connectivity index (χ3v) is 7.30. The average molecular weight is 471 g/mol. The molecule has 180 valence electrons. The van der Waals surface area contributed by atoms with Crippen LogP contribution in [-0.4, -0.2) is 36.2 Å². The number of carbonyl (C=O) groups excluding carboxylic acids is 1. The highest BCUT2D eigenvalue weighted by Crippen LogP contribution is 2.45. The number of imidazole rings is 1. The van der Waals surface area contributed by atoms with E-state index in [2.05, 4.69) is 38.5 Å². The third kappa shape index (κ3) is 4.71. The maximum absolute atomic E-state index is 13.5. The van der Waals surface area contributed by atoms with Gasteiger partial charge in [-0.05, 0) is 55.5 Å². The van der Waals surface area contributed by atoms with Crippen LogP contribution in [0.15, 0.2) is 66.3 Å². The highest BCUT2D eigenvalue weighted by Gasteiger charge is 2.40. The van der Waals surface area contributed by atoms with E-state index >= 15 is 0 Å². The molecular formula is C28H30N4O3. The second kappa shape index (κ2) is 9.78. The molecule has 0 amide bonds. The Morgan fingerprint density at radius 2 is 1.86 bits per heavy atom. The van der Waals surface area contributed by atoms with Gasteiger partial charge in [-0.2, -0.15) is 0 Å². The van der Waals surface area contributed by atoms with Crippen molar-refractivity contribution in [2.45, 2.75) is 37.5 Å². The number of hydrogen-bond donors (Lipinski definition) is 2. The zero-order valence-corrected chi connectivity index (χ0v) is 20.1. The van der Waals surface area contributed by atoms with Crippen LogP contribution in [0.25, 0.3) is 0 Å². The lowest BCUT2D eigenvalue weighted by Gasteiger charge is -2.40. The fraction of sp³-hybridized carbons (Fsp3) is 0.321. The van der Waals surface area contributed by atoms with Crippen LogP contribution in [-0.2, 0) is 11.8 Å². The number of ketones is 1. The van der Waals surface area contributed by atoms with Crippen molar-refractivity contribution in [3.8, 4) is 11.5 Å². The maximum atomic E-state index is 13.5. The first kappa shape index (κ1) is 22.9. The van der Waals surface area contributed by atoms with Crippen LogP contribution in [0.3, 0.4) is 0 Å². The highest BCUT2D eigenvalue weighted by atomic mass is 16.5. The Morgan fingerprint density at radius 1 is 1.09 bits per heavy atom. The Bertz CT molecular complexity index is 1230. The van der Waals surface area contributed by atoms with Gasteiger partial charge >= 0.3 is 0 Å². The molecule has 7 heteroatoms. The van der Waals surface area contributed by atoms with E-state index in [1.54, 1.807) is 32.8 Å². The number of aromatic nitrogens is 2. The number of benzene rings is 2. The summed E-state index contributed by atoms with van der Waals surface area (Å²) in [7, 11) is 3.20. The number of rotatable bonds is 7. The molecule has 0 saturated heterocycles. The number of ether oxygens (including phenoxy) is 2. The molecule has 0 bridgehead atoms. The van der Waals surface area contributed by atoms with E-state index in [1.807, 2.05) is 30.7 Å². The number of H-pyrrole nitrogens is 1. The van der Waals surface area contributed by atoms with E-state index in [0.717, 1.165) is 49.0 Å². The highest BCUT2D eigenvalue weighted by molar-refractivity contribution is 5.98. The summed E-state index contributed by atoms with van der Waals surface area (Å²) in [5.74, 6) is 1.38. The number of aliphatic imine (C=N–C) groups is 1. The summed E-state index contributed by atoms with van der Waals surface area (Å²) in [6, 6.07) is 12.0. The van der Waals surface area contributed by atoms with E-state index < -0.39 is 0 Å². The summed E-state index contributed by atoms with van der Waals surface area (Å²) in [6.45, 7) is 0. The summed E-state index contributed by atoms with van der Waals surface area (Å²) in [4.78, 5) is 25.4. The minimum atomic E-state index is -0.0966. The number of nitrogens with one attached hydrogen (secondary N) is 2. The van der Waals surface area contributed by atoms with Crippen LogP contribution in [0.2, 0.25) is 0 Å². The smallest absolute Gasteiger partial charge is 0.166 e. The molecule has 2 heterocycles. The summed E-state index contributed by atoms with van der Waals surface area (Å²) < 4.78 is 10.8. The van der Waals surface area contributed by atoms with Gasteiger partial charge in [-0.3, -0.25) is 9.79 Å². The Morgan fingerprint density at radius 3 is 2.54 bits per heavy atom. The first-order valence-electron chi connectivity index (χ1n) is 11.9. The summed E-state index contributed by atoms with van der Waals surface area (Å²) in [6.07, 6.45) is 13.4. The van der Waals surface area contributed by atoms with Crippen molar-refractivity contribution in [2.24, 2.45) is 10.9 Å². The molecule has 1 aliphatic carbocycles. The van der Waals surface area contributed by atoms with Gasteiger partial charge in [0, 0.05) is 65.4 Å². The standard InChI is InChI=1S/C28H30N4O3/c1-34-24-12-20(13-25(14-24)35-2)27(33)19-5-7-28(8-6-19,15-23-17-30-18-32-23)22-3-4-26-21(11-22)16-29-9-10-31-26/h3-4,9-14,16-19,31H,5-8,15H2,1-2H3,(H,30,32). The van der Waals surface area contributed by atoms with Gasteiger partial charge in [0.25, 0.3) is 0 Å². The van der Waals surface area contributed by atoms with Gasteiger partial charge in [0.2, 0.25) is 0 Å². The van der Waals surface area contributed by atoms with Crippen LogP contribution >= 0.6 is 0 Å². The number of nitrogens with zero attached hydrogens (tertiary/aromatic N) is 2. The molecule has 0 radical (unpaired) electrons. The number of methoxy groups -OCH3 is 2. The van der Waals surface area contributed by atoms with Gasteiger partial charge in [0.05, 0.1) is 26.2 Å². The second-order valence-corrected chi connectivity index (χ2v) is 9.30. The molecular weight excluding hydrogens is 440 g/mol. The zero-order chi connectivity index (χ0) is 24.3. The topological polar surface area (TPSA) is 88.6 Å². The number of aromatic amines is 1. The average Bonchev–Trinajstić information content (AvgIpc) is 3.29. The van der Waals surface area contributed by atoms with Crippen LogP contribution < -0.4 is 14.8 Å². The molecule has 35 heavy (non-hydrogen) atoms. The fourth-order valence-electron chi connectivity index (χ4n) is 5.34. The van der Waals surface area contributed by atoms with Gasteiger partial charge < -0.3 is 19.8 Å². The molecule has 2 N–H and O–H groups in total. The first-order chi connectivity index (χ1) is 17.1. The summed E-state index contributed by atoms with van der Waals surface area (Å²) in [5, 5.41) is 3.28. The number of Topliss-reactive ketones (excluding diaryl/α,β-unsaturated/α-hetero) is 1. The van der Waals surface area contributed by atoms with Gasteiger partial charge in [0.1, 0.15) is 11.5 Å². The van der Waals surface area contributed by atoms with E-state index in [0.29, 0.717) is 17.1 Å². The van der Waals surface area contributed by atoms with Gasteiger partial charge in [0.15, 0.2) is 5.78 Å². The van der Waals surface area contributed by atoms with Crippen LogP contribution in [0, 0.1) is 5.92 Å². The van der Waals surface area contributed by atoms with Gasteiger partial charge in [-0.1, -0.05) is 6.07 Å². The van der Waals surface area contributed by atoms with Crippen molar-refractivity contribution in [1.82, 2.24) is 9.97 Å². The van der Waals surface area contributed by atoms with Crippen molar-refractivity contribution < 1.29 is 14.3 Å². The van der Waals surface area contributed by atoms with Gasteiger partial charge in [-0.25, -0.2) is 4.98 Å². The predicted molar refractivity (Wildman–Crippen MR) is 137 cm³/mol. The first-order valence-corrected chi connectivity index (χ1v) is 11.9.